The Morgan fingerprint density at radius 1 is 1.38 bits per heavy atom. The zero-order valence-electron chi connectivity index (χ0n) is 12.5. The number of nitrogens with two attached hydrogens (primary N) is 1. The van der Waals surface area contributed by atoms with Crippen LogP contribution in [0.15, 0.2) is 22.7 Å². The molecule has 0 aliphatic heterocycles. The van der Waals surface area contributed by atoms with Crippen molar-refractivity contribution in [2.45, 2.75) is 45.3 Å². The van der Waals surface area contributed by atoms with E-state index in [-0.39, 0.29) is 6.04 Å². The number of nitrogens with zero attached hydrogens (tertiary/aromatic N) is 2. The summed E-state index contributed by atoms with van der Waals surface area (Å²) in [6.07, 6.45) is 3.87. The van der Waals surface area contributed by atoms with Gasteiger partial charge in [-0.25, -0.2) is 0 Å². The summed E-state index contributed by atoms with van der Waals surface area (Å²) in [5.41, 5.74) is 9.30. The largest absolute Gasteiger partial charge is 0.376 e. The molecule has 1 aromatic heterocycles. The van der Waals surface area contributed by atoms with E-state index in [0.717, 1.165) is 29.5 Å². The highest BCUT2D eigenvalue weighted by Gasteiger charge is 2.21. The Bertz CT molecular complexity index is 620. The van der Waals surface area contributed by atoms with Gasteiger partial charge in [0.05, 0.1) is 18.8 Å². The molecule has 1 fully saturated rings. The van der Waals surface area contributed by atoms with Crippen molar-refractivity contribution in [2.24, 2.45) is 5.73 Å². The van der Waals surface area contributed by atoms with Gasteiger partial charge >= 0.3 is 0 Å². The maximum atomic E-state index is 6.07. The van der Waals surface area contributed by atoms with Crippen molar-refractivity contribution in [2.75, 3.05) is 6.61 Å². The molecule has 2 aromatic rings. The van der Waals surface area contributed by atoms with E-state index < -0.39 is 0 Å². The topological polar surface area (TPSA) is 74.2 Å². The molecular formula is C16H21N3O2. The molecule has 112 valence electrons. The summed E-state index contributed by atoms with van der Waals surface area (Å²) < 4.78 is 11.1. The summed E-state index contributed by atoms with van der Waals surface area (Å²) in [4.78, 5) is 4.42. The summed E-state index contributed by atoms with van der Waals surface area (Å²) in [6.45, 7) is 4.51. The van der Waals surface area contributed by atoms with Crippen molar-refractivity contribution >= 4 is 0 Å². The van der Waals surface area contributed by atoms with Gasteiger partial charge in [-0.1, -0.05) is 22.9 Å². The molecule has 0 spiro atoms. The molecule has 21 heavy (non-hydrogen) atoms. The zero-order chi connectivity index (χ0) is 14.8. The van der Waals surface area contributed by atoms with E-state index in [2.05, 4.69) is 16.2 Å². The van der Waals surface area contributed by atoms with Crippen LogP contribution in [0.4, 0.5) is 0 Å². The first-order chi connectivity index (χ1) is 10.1. The van der Waals surface area contributed by atoms with Crippen LogP contribution in [0.2, 0.25) is 0 Å². The van der Waals surface area contributed by atoms with Crippen molar-refractivity contribution in [3.05, 3.63) is 35.2 Å². The number of ether oxygens (including phenoxy) is 1. The summed E-state index contributed by atoms with van der Waals surface area (Å²) in [7, 11) is 0. The standard InChI is InChI=1S/C16H21N3O2/c1-10-6-7-11(2)13(8-10)16-18-15(19-21-16)14(17)9-20-12-4-3-5-12/h6-8,12,14H,3-5,9,17H2,1-2H3. The van der Waals surface area contributed by atoms with Crippen LogP contribution in [-0.4, -0.2) is 22.9 Å². The average Bonchev–Trinajstić information content (AvgIpc) is 2.89. The Morgan fingerprint density at radius 3 is 2.90 bits per heavy atom. The lowest BCUT2D eigenvalue weighted by Gasteiger charge is -2.26. The lowest BCUT2D eigenvalue weighted by atomic mass is 9.96. The van der Waals surface area contributed by atoms with Gasteiger partial charge in [0.2, 0.25) is 0 Å². The number of aromatic nitrogens is 2. The Labute approximate surface area is 124 Å². The van der Waals surface area contributed by atoms with Gasteiger partial charge in [-0.05, 0) is 44.7 Å². The quantitative estimate of drug-likeness (QED) is 0.915. The molecule has 1 saturated carbocycles. The second-order valence-corrected chi connectivity index (χ2v) is 5.77. The molecule has 1 unspecified atom stereocenters. The first kappa shape index (κ1) is 14.2. The third kappa shape index (κ3) is 3.14. The first-order valence-corrected chi connectivity index (χ1v) is 7.42. The van der Waals surface area contributed by atoms with E-state index in [1.807, 2.05) is 26.0 Å². The highest BCUT2D eigenvalue weighted by molar-refractivity contribution is 5.59. The van der Waals surface area contributed by atoms with Gasteiger partial charge in [-0.3, -0.25) is 0 Å². The van der Waals surface area contributed by atoms with Crippen LogP contribution in [0.25, 0.3) is 11.5 Å². The normalized spacial score (nSPS) is 16.7. The van der Waals surface area contributed by atoms with Crippen LogP contribution in [0.5, 0.6) is 0 Å². The minimum atomic E-state index is -0.340. The number of hydrogen-bond donors (Lipinski definition) is 1. The van der Waals surface area contributed by atoms with Gasteiger partial charge in [0, 0.05) is 5.56 Å². The number of hydrogen-bond acceptors (Lipinski definition) is 5. The molecule has 2 N–H and O–H groups in total. The molecule has 1 heterocycles. The fourth-order valence-electron chi connectivity index (χ4n) is 2.31. The summed E-state index contributed by atoms with van der Waals surface area (Å²) in [5, 5.41) is 3.99. The average molecular weight is 287 g/mol. The number of aryl methyl sites for hydroxylation is 2. The Hall–Kier alpha value is -1.72. The lowest BCUT2D eigenvalue weighted by molar-refractivity contribution is -0.00549. The van der Waals surface area contributed by atoms with Gasteiger partial charge < -0.3 is 15.0 Å². The van der Waals surface area contributed by atoms with Crippen molar-refractivity contribution in [3.63, 3.8) is 0 Å². The van der Waals surface area contributed by atoms with E-state index in [9.17, 15) is 0 Å². The van der Waals surface area contributed by atoms with E-state index in [0.29, 0.717) is 24.4 Å². The number of rotatable bonds is 5. The highest BCUT2D eigenvalue weighted by Crippen LogP contribution is 2.25. The van der Waals surface area contributed by atoms with Gasteiger partial charge in [0.25, 0.3) is 5.89 Å². The monoisotopic (exact) mass is 287 g/mol. The molecule has 1 aliphatic rings. The Balaban J connectivity index is 1.71. The molecule has 0 saturated heterocycles. The van der Waals surface area contributed by atoms with E-state index in [1.54, 1.807) is 0 Å². The predicted octanol–water partition coefficient (Wildman–Crippen LogP) is 2.92. The van der Waals surface area contributed by atoms with Crippen LogP contribution < -0.4 is 5.73 Å². The molecule has 0 amide bonds. The zero-order valence-corrected chi connectivity index (χ0v) is 12.5. The minimum Gasteiger partial charge on any atom is -0.376 e. The molecule has 1 atom stereocenters. The van der Waals surface area contributed by atoms with Crippen LogP contribution in [-0.2, 0) is 4.74 Å². The second kappa shape index (κ2) is 5.95. The SMILES string of the molecule is Cc1ccc(C)c(-c2nc(C(N)COC3CCC3)no2)c1. The highest BCUT2D eigenvalue weighted by atomic mass is 16.5. The van der Waals surface area contributed by atoms with E-state index in [1.165, 1.54) is 6.42 Å². The fourth-order valence-corrected chi connectivity index (χ4v) is 2.31. The van der Waals surface area contributed by atoms with Crippen molar-refractivity contribution in [3.8, 4) is 11.5 Å². The molecule has 5 nitrogen and oxygen atoms in total. The maximum Gasteiger partial charge on any atom is 0.258 e. The van der Waals surface area contributed by atoms with Crippen molar-refractivity contribution in [1.29, 1.82) is 0 Å². The summed E-state index contributed by atoms with van der Waals surface area (Å²) in [6, 6.07) is 5.82. The smallest absolute Gasteiger partial charge is 0.258 e. The van der Waals surface area contributed by atoms with Crippen molar-refractivity contribution < 1.29 is 9.26 Å². The predicted molar refractivity (Wildman–Crippen MR) is 79.7 cm³/mol. The number of benzene rings is 1. The lowest BCUT2D eigenvalue weighted by Crippen LogP contribution is -2.27. The van der Waals surface area contributed by atoms with Crippen LogP contribution in [0, 0.1) is 13.8 Å². The van der Waals surface area contributed by atoms with Crippen molar-refractivity contribution in [1.82, 2.24) is 10.1 Å². The van der Waals surface area contributed by atoms with Gasteiger partial charge in [-0.2, -0.15) is 4.98 Å². The molecule has 1 aliphatic carbocycles. The van der Waals surface area contributed by atoms with Gasteiger partial charge in [-0.15, -0.1) is 0 Å². The molecular weight excluding hydrogens is 266 g/mol. The Kier molecular flexibility index (Phi) is 4.03. The van der Waals surface area contributed by atoms with Gasteiger partial charge in [0.1, 0.15) is 0 Å². The van der Waals surface area contributed by atoms with Gasteiger partial charge in [0.15, 0.2) is 5.82 Å². The third-order valence-electron chi connectivity index (χ3n) is 3.96. The second-order valence-electron chi connectivity index (χ2n) is 5.77. The third-order valence-corrected chi connectivity index (χ3v) is 3.96. The van der Waals surface area contributed by atoms with Crippen LogP contribution in [0.3, 0.4) is 0 Å². The molecule has 0 radical (unpaired) electrons. The van der Waals surface area contributed by atoms with Crippen LogP contribution in [0.1, 0.15) is 42.3 Å². The van der Waals surface area contributed by atoms with E-state index in [4.69, 9.17) is 15.0 Å². The molecule has 0 bridgehead atoms. The van der Waals surface area contributed by atoms with E-state index >= 15 is 0 Å². The Morgan fingerprint density at radius 2 is 2.19 bits per heavy atom. The maximum absolute atomic E-state index is 6.07. The van der Waals surface area contributed by atoms with Crippen LogP contribution >= 0.6 is 0 Å². The molecule has 5 heteroatoms. The molecule has 3 rings (SSSR count). The first-order valence-electron chi connectivity index (χ1n) is 7.42. The summed E-state index contributed by atoms with van der Waals surface area (Å²) >= 11 is 0. The minimum absolute atomic E-state index is 0.340. The molecule has 1 aromatic carbocycles. The summed E-state index contributed by atoms with van der Waals surface area (Å²) in [5.74, 6) is 1.02. The fraction of sp³-hybridized carbons (Fsp3) is 0.500.